The van der Waals surface area contributed by atoms with E-state index in [1.54, 1.807) is 6.08 Å². The lowest BCUT2D eigenvalue weighted by Crippen LogP contribution is -2.61. The van der Waals surface area contributed by atoms with Crippen molar-refractivity contribution < 1.29 is 49.3 Å². The number of aliphatic hydroxyl groups is 5. The van der Waals surface area contributed by atoms with Crippen LogP contribution in [-0.4, -0.2) is 99.6 Å². The molecule has 0 spiro atoms. The first-order valence-electron chi connectivity index (χ1n) is 29.4. The number of allylic oxidation sites excluding steroid dienone is 13. The molecule has 0 radical (unpaired) electrons. The molecule has 0 aromatic rings. The van der Waals surface area contributed by atoms with Gasteiger partial charge in [0.1, 0.15) is 24.4 Å². The lowest BCUT2D eigenvalue weighted by Gasteiger charge is -2.41. The van der Waals surface area contributed by atoms with Crippen molar-refractivity contribution in [3.63, 3.8) is 0 Å². The van der Waals surface area contributed by atoms with Crippen LogP contribution in [0.1, 0.15) is 233 Å². The fourth-order valence-electron chi connectivity index (χ4n) is 8.80. The zero-order valence-electron chi connectivity index (χ0n) is 46.2. The summed E-state index contributed by atoms with van der Waals surface area (Å²) >= 11 is 0. The molecule has 8 unspecified atom stereocenters. The summed E-state index contributed by atoms with van der Waals surface area (Å²) in [4.78, 5) is 26.5. The van der Waals surface area contributed by atoms with Gasteiger partial charge in [0.25, 0.3) is 0 Å². The molecule has 1 amide bonds. The number of carbonyl (C=O) groups is 2. The second-order valence-electron chi connectivity index (χ2n) is 20.2. The zero-order chi connectivity index (χ0) is 53.3. The van der Waals surface area contributed by atoms with Gasteiger partial charge in [-0.05, 0) is 44.9 Å². The molecule has 8 atom stereocenters. The largest absolute Gasteiger partial charge is 0.454 e. The van der Waals surface area contributed by atoms with Crippen molar-refractivity contribution >= 4 is 11.9 Å². The summed E-state index contributed by atoms with van der Waals surface area (Å²) in [5, 5.41) is 56.8. The average molecular weight is 1030 g/mol. The first-order chi connectivity index (χ1) is 35.7. The minimum atomic E-state index is -1.63. The second-order valence-corrected chi connectivity index (χ2v) is 20.2. The van der Waals surface area contributed by atoms with Crippen molar-refractivity contribution in [2.45, 2.75) is 282 Å². The summed E-state index contributed by atoms with van der Waals surface area (Å²) in [6.07, 6.45) is 53.3. The van der Waals surface area contributed by atoms with Gasteiger partial charge < -0.3 is 45.1 Å². The fraction of sp³-hybridized carbons (Fsp3) is 0.742. The molecule has 0 saturated carbocycles. The molecule has 1 fully saturated rings. The summed E-state index contributed by atoms with van der Waals surface area (Å²) in [5.74, 6) is -1.24. The molecule has 6 N–H and O–H groups in total. The Morgan fingerprint density at radius 3 is 1.48 bits per heavy atom. The molecule has 11 heteroatoms. The Balaban J connectivity index is 2.74. The number of rotatable bonds is 48. The summed E-state index contributed by atoms with van der Waals surface area (Å²) in [6.45, 7) is 5.61. The third-order valence-corrected chi connectivity index (χ3v) is 13.5. The topological polar surface area (TPSA) is 175 Å². The van der Waals surface area contributed by atoms with E-state index >= 15 is 0 Å². The Kier molecular flexibility index (Phi) is 46.2. The van der Waals surface area contributed by atoms with Crippen LogP contribution in [0.25, 0.3) is 0 Å². The minimum Gasteiger partial charge on any atom is -0.454 e. The molecular weight excluding hydrogens is 919 g/mol. The lowest BCUT2D eigenvalue weighted by atomic mass is 9.99. The van der Waals surface area contributed by atoms with E-state index in [1.807, 2.05) is 66.8 Å². The quantitative estimate of drug-likeness (QED) is 0.0149. The smallest absolute Gasteiger partial charge is 0.306 e. The summed E-state index contributed by atoms with van der Waals surface area (Å²) in [7, 11) is 0. The van der Waals surface area contributed by atoms with E-state index in [-0.39, 0.29) is 19.4 Å². The van der Waals surface area contributed by atoms with Crippen LogP contribution >= 0.6 is 0 Å². The Morgan fingerprint density at radius 2 is 0.986 bits per heavy atom. The van der Waals surface area contributed by atoms with Crippen LogP contribution in [0.3, 0.4) is 0 Å². The Hall–Kier alpha value is -3.16. The monoisotopic (exact) mass is 1030 g/mol. The van der Waals surface area contributed by atoms with Crippen molar-refractivity contribution in [1.29, 1.82) is 0 Å². The maximum Gasteiger partial charge on any atom is 0.306 e. The SMILES string of the molecule is CC\C=C/C=C/C=C/C=C\C=C\C=C\CCCCCC(=O)OC1C(OCC(NC(=O)C(O)CCCCCCCCCCCCCCCCCC)C(O)/C=C/CCCCCCCCCCC)OC(CO)C(O)C1O. The predicted octanol–water partition coefficient (Wildman–Crippen LogP) is 13.4. The average Bonchev–Trinajstić information content (AvgIpc) is 3.39. The van der Waals surface area contributed by atoms with Gasteiger partial charge in [0.05, 0.1) is 25.4 Å². The number of unbranched alkanes of at least 4 members (excludes halogenated alkanes) is 27. The van der Waals surface area contributed by atoms with Gasteiger partial charge in [-0.3, -0.25) is 9.59 Å². The van der Waals surface area contributed by atoms with Gasteiger partial charge in [0.15, 0.2) is 12.4 Å². The predicted molar refractivity (Wildman–Crippen MR) is 301 cm³/mol. The molecule has 0 bridgehead atoms. The Bertz CT molecular complexity index is 1510. The highest BCUT2D eigenvalue weighted by Crippen LogP contribution is 2.26. The highest BCUT2D eigenvalue weighted by Gasteiger charge is 2.47. The molecule has 0 aromatic heterocycles. The molecule has 420 valence electrons. The van der Waals surface area contributed by atoms with E-state index < -0.39 is 67.4 Å². The third-order valence-electron chi connectivity index (χ3n) is 13.5. The van der Waals surface area contributed by atoms with Gasteiger partial charge in [-0.25, -0.2) is 0 Å². The molecule has 1 aliphatic heterocycles. The number of hydrogen-bond donors (Lipinski definition) is 6. The van der Waals surface area contributed by atoms with Gasteiger partial charge in [-0.1, -0.05) is 266 Å². The number of aliphatic hydroxyl groups excluding tert-OH is 5. The van der Waals surface area contributed by atoms with Crippen LogP contribution in [0, 0.1) is 0 Å². The maximum atomic E-state index is 13.4. The molecular formula is C62H107NO10. The molecule has 73 heavy (non-hydrogen) atoms. The van der Waals surface area contributed by atoms with Crippen LogP contribution < -0.4 is 5.32 Å². The first kappa shape index (κ1) is 67.9. The van der Waals surface area contributed by atoms with Crippen molar-refractivity contribution in [1.82, 2.24) is 5.32 Å². The van der Waals surface area contributed by atoms with Gasteiger partial charge in [-0.15, -0.1) is 0 Å². The van der Waals surface area contributed by atoms with Gasteiger partial charge >= 0.3 is 5.97 Å². The normalized spacial score (nSPS) is 20.0. The molecule has 11 nitrogen and oxygen atoms in total. The Morgan fingerprint density at radius 1 is 0.548 bits per heavy atom. The highest BCUT2D eigenvalue weighted by molar-refractivity contribution is 5.80. The van der Waals surface area contributed by atoms with Gasteiger partial charge in [0.2, 0.25) is 5.91 Å². The number of hydrogen-bond acceptors (Lipinski definition) is 10. The van der Waals surface area contributed by atoms with E-state index in [0.717, 1.165) is 64.2 Å². The maximum absolute atomic E-state index is 13.4. The van der Waals surface area contributed by atoms with Gasteiger partial charge in [-0.2, -0.15) is 0 Å². The lowest BCUT2D eigenvalue weighted by molar-refractivity contribution is -0.305. The molecule has 1 heterocycles. The van der Waals surface area contributed by atoms with E-state index in [2.05, 4.69) is 38.2 Å². The molecule has 1 saturated heterocycles. The number of amides is 1. The first-order valence-corrected chi connectivity index (χ1v) is 29.4. The van der Waals surface area contributed by atoms with Crippen LogP contribution in [0.5, 0.6) is 0 Å². The van der Waals surface area contributed by atoms with Crippen molar-refractivity contribution in [3.05, 3.63) is 85.1 Å². The molecule has 0 aliphatic carbocycles. The summed E-state index contributed by atoms with van der Waals surface area (Å²) < 4.78 is 17.5. The van der Waals surface area contributed by atoms with Crippen LogP contribution in [-0.2, 0) is 23.8 Å². The fourth-order valence-corrected chi connectivity index (χ4v) is 8.80. The third kappa shape index (κ3) is 38.1. The van der Waals surface area contributed by atoms with Crippen molar-refractivity contribution in [2.24, 2.45) is 0 Å². The number of carbonyl (C=O) groups excluding carboxylic acids is 2. The van der Waals surface area contributed by atoms with E-state index in [4.69, 9.17) is 14.2 Å². The van der Waals surface area contributed by atoms with Crippen molar-refractivity contribution in [3.8, 4) is 0 Å². The number of esters is 1. The van der Waals surface area contributed by atoms with Crippen molar-refractivity contribution in [2.75, 3.05) is 13.2 Å². The van der Waals surface area contributed by atoms with E-state index in [1.165, 1.54) is 122 Å². The van der Waals surface area contributed by atoms with Crippen LogP contribution in [0.15, 0.2) is 85.1 Å². The zero-order valence-corrected chi connectivity index (χ0v) is 46.2. The van der Waals surface area contributed by atoms with Crippen LogP contribution in [0.2, 0.25) is 0 Å². The number of nitrogens with one attached hydrogen (secondary N) is 1. The number of ether oxygens (including phenoxy) is 3. The van der Waals surface area contributed by atoms with Gasteiger partial charge in [0, 0.05) is 6.42 Å². The second kappa shape index (κ2) is 49.7. The minimum absolute atomic E-state index is 0.0694. The van der Waals surface area contributed by atoms with E-state index in [9.17, 15) is 35.1 Å². The van der Waals surface area contributed by atoms with Crippen LogP contribution in [0.4, 0.5) is 0 Å². The summed E-state index contributed by atoms with van der Waals surface area (Å²) in [6, 6.07) is -1.03. The highest BCUT2D eigenvalue weighted by atomic mass is 16.7. The standard InChI is InChI=1S/C62H107NO10/c1-4-7-10-13-16-19-22-24-26-28-30-32-35-38-41-44-47-50-57(67)73-60-59(69)58(68)56(51-64)72-62(60)71-52-53(54(65)48-45-42-39-36-33-21-18-15-12-9-6-3)63-61(70)55(66)49-46-43-40-37-34-31-29-27-25-23-20-17-14-11-8-5-2/h7,10,13,16,19,22,24,26,28,30,32,35,45,48,53-56,58-60,62,64-66,68-69H,4-6,8-9,11-12,14-15,17-18,20-21,23,25,27,29,31,33-34,36-44,46-47,49-52H2,1-3H3,(H,63,70)/b10-7-,16-13+,22-19+,26-24-,30-28+,35-32+,48-45+. The van der Waals surface area contributed by atoms with E-state index in [0.29, 0.717) is 12.8 Å². The molecule has 1 rings (SSSR count). The Labute approximate surface area is 444 Å². The summed E-state index contributed by atoms with van der Waals surface area (Å²) in [5.41, 5.74) is 0. The molecule has 0 aromatic carbocycles. The molecule has 1 aliphatic rings.